The summed E-state index contributed by atoms with van der Waals surface area (Å²) in [6, 6.07) is 64.7. The second-order valence-electron chi connectivity index (χ2n) is 13.8. The summed E-state index contributed by atoms with van der Waals surface area (Å²) >= 11 is 0. The van der Waals surface area contributed by atoms with Crippen LogP contribution in [-0.2, 0) is 5.41 Å². The third kappa shape index (κ3) is 5.90. The number of para-hydroxylation sites is 2. The van der Waals surface area contributed by atoms with Crippen molar-refractivity contribution >= 4 is 28.0 Å². The maximum Gasteiger partial charge on any atom is 0.139 e. The zero-order valence-corrected chi connectivity index (χ0v) is 28.7. The van der Waals surface area contributed by atoms with Crippen LogP contribution in [-0.4, -0.2) is 0 Å². The number of fused-ring (bicyclic) bond motifs is 1. The van der Waals surface area contributed by atoms with Gasteiger partial charge in [-0.15, -0.1) is 0 Å². The standard InChI is InChI=1S/C48H39NO/c1-48(2,3)46-43-26-13-15-28-45(43)50-47(46)37-21-16-22-39(33-37)49(44-27-14-12-25-42(44)35-19-8-5-9-20-35)38-31-29-36(30-32-38)41-24-11-10-23-40(41)34-17-6-4-7-18-34/h4-33H,1-3H3. The van der Waals surface area contributed by atoms with Gasteiger partial charge in [0.05, 0.1) is 5.69 Å². The van der Waals surface area contributed by atoms with E-state index >= 15 is 0 Å². The van der Waals surface area contributed by atoms with Gasteiger partial charge in [-0.1, -0.05) is 166 Å². The fourth-order valence-corrected chi connectivity index (χ4v) is 7.13. The quantitative estimate of drug-likeness (QED) is 0.171. The monoisotopic (exact) mass is 645 g/mol. The summed E-state index contributed by atoms with van der Waals surface area (Å²) in [4.78, 5) is 2.37. The van der Waals surface area contributed by atoms with E-state index in [2.05, 4.69) is 202 Å². The molecule has 0 bridgehead atoms. The number of anilines is 3. The van der Waals surface area contributed by atoms with Crippen molar-refractivity contribution in [3.8, 4) is 44.7 Å². The molecule has 50 heavy (non-hydrogen) atoms. The molecule has 0 atom stereocenters. The van der Waals surface area contributed by atoms with Gasteiger partial charge in [0.2, 0.25) is 0 Å². The molecule has 7 aromatic carbocycles. The zero-order chi connectivity index (χ0) is 34.1. The van der Waals surface area contributed by atoms with Crippen LogP contribution in [0.5, 0.6) is 0 Å². The second-order valence-corrected chi connectivity index (χ2v) is 13.8. The molecule has 1 aromatic heterocycles. The van der Waals surface area contributed by atoms with E-state index in [0.717, 1.165) is 44.9 Å². The molecule has 2 nitrogen and oxygen atoms in total. The van der Waals surface area contributed by atoms with Crippen LogP contribution in [0.15, 0.2) is 186 Å². The van der Waals surface area contributed by atoms with Crippen molar-refractivity contribution in [2.24, 2.45) is 0 Å². The molecule has 0 spiro atoms. The Bertz CT molecular complexity index is 2400. The van der Waals surface area contributed by atoms with Crippen molar-refractivity contribution in [3.63, 3.8) is 0 Å². The van der Waals surface area contributed by atoms with Crippen molar-refractivity contribution in [3.05, 3.63) is 188 Å². The Morgan fingerprint density at radius 3 is 1.60 bits per heavy atom. The van der Waals surface area contributed by atoms with E-state index in [0.29, 0.717) is 0 Å². The van der Waals surface area contributed by atoms with Gasteiger partial charge in [-0.3, -0.25) is 0 Å². The number of hydrogen-bond acceptors (Lipinski definition) is 2. The van der Waals surface area contributed by atoms with Crippen LogP contribution >= 0.6 is 0 Å². The molecule has 8 rings (SSSR count). The molecule has 0 unspecified atom stereocenters. The van der Waals surface area contributed by atoms with Gasteiger partial charge in [0, 0.05) is 33.5 Å². The van der Waals surface area contributed by atoms with E-state index in [1.807, 2.05) is 6.07 Å². The Labute approximate surface area is 294 Å². The minimum Gasteiger partial charge on any atom is -0.456 e. The van der Waals surface area contributed by atoms with Crippen molar-refractivity contribution < 1.29 is 4.42 Å². The van der Waals surface area contributed by atoms with Gasteiger partial charge in [-0.25, -0.2) is 0 Å². The molecule has 0 aliphatic rings. The van der Waals surface area contributed by atoms with Crippen LogP contribution in [0.2, 0.25) is 0 Å². The first-order valence-electron chi connectivity index (χ1n) is 17.3. The Morgan fingerprint density at radius 2 is 0.940 bits per heavy atom. The highest BCUT2D eigenvalue weighted by atomic mass is 16.3. The molecule has 0 fully saturated rings. The second kappa shape index (κ2) is 13.1. The van der Waals surface area contributed by atoms with Gasteiger partial charge < -0.3 is 9.32 Å². The average molecular weight is 646 g/mol. The number of rotatable bonds is 7. The molecule has 0 amide bonds. The van der Waals surface area contributed by atoms with Crippen LogP contribution in [0.25, 0.3) is 55.7 Å². The van der Waals surface area contributed by atoms with Gasteiger partial charge in [-0.05, 0) is 69.6 Å². The fourth-order valence-electron chi connectivity index (χ4n) is 7.13. The van der Waals surface area contributed by atoms with Crippen LogP contribution in [0, 0.1) is 0 Å². The maximum absolute atomic E-state index is 6.64. The zero-order valence-electron chi connectivity index (χ0n) is 28.7. The predicted molar refractivity (Wildman–Crippen MR) is 211 cm³/mol. The Hall–Kier alpha value is -6.12. The Morgan fingerprint density at radius 1 is 0.420 bits per heavy atom. The minimum atomic E-state index is -0.108. The van der Waals surface area contributed by atoms with Crippen molar-refractivity contribution in [1.29, 1.82) is 0 Å². The third-order valence-electron chi connectivity index (χ3n) is 9.39. The molecule has 8 aromatic rings. The summed E-state index contributed by atoms with van der Waals surface area (Å²) in [5, 5.41) is 1.16. The topological polar surface area (TPSA) is 16.4 Å². The molecule has 0 radical (unpaired) electrons. The highest BCUT2D eigenvalue weighted by Crippen LogP contribution is 2.45. The summed E-state index contributed by atoms with van der Waals surface area (Å²) in [5.74, 6) is 0.921. The average Bonchev–Trinajstić information content (AvgIpc) is 3.57. The first kappa shape index (κ1) is 31.2. The summed E-state index contributed by atoms with van der Waals surface area (Å²) in [6.45, 7) is 6.78. The first-order chi connectivity index (χ1) is 24.5. The molecule has 242 valence electrons. The van der Waals surface area contributed by atoms with Crippen LogP contribution in [0.1, 0.15) is 26.3 Å². The van der Waals surface area contributed by atoms with Crippen molar-refractivity contribution in [1.82, 2.24) is 0 Å². The minimum absolute atomic E-state index is 0.108. The molecule has 0 saturated carbocycles. The van der Waals surface area contributed by atoms with Gasteiger partial charge in [0.15, 0.2) is 0 Å². The van der Waals surface area contributed by atoms with E-state index in [1.165, 1.54) is 33.4 Å². The lowest BCUT2D eigenvalue weighted by atomic mass is 9.83. The SMILES string of the molecule is CC(C)(C)c1c(-c2cccc(N(c3ccc(-c4ccccc4-c4ccccc4)cc3)c3ccccc3-c3ccccc3)c2)oc2ccccc12. The van der Waals surface area contributed by atoms with Crippen LogP contribution in [0.3, 0.4) is 0 Å². The van der Waals surface area contributed by atoms with Gasteiger partial charge in [0.25, 0.3) is 0 Å². The smallest absolute Gasteiger partial charge is 0.139 e. The van der Waals surface area contributed by atoms with Gasteiger partial charge in [-0.2, -0.15) is 0 Å². The third-order valence-corrected chi connectivity index (χ3v) is 9.39. The van der Waals surface area contributed by atoms with Crippen LogP contribution in [0.4, 0.5) is 17.1 Å². The normalized spacial score (nSPS) is 11.5. The Kier molecular flexibility index (Phi) is 8.14. The lowest BCUT2D eigenvalue weighted by Gasteiger charge is -2.28. The van der Waals surface area contributed by atoms with E-state index in [9.17, 15) is 0 Å². The van der Waals surface area contributed by atoms with Crippen molar-refractivity contribution in [2.75, 3.05) is 4.90 Å². The summed E-state index contributed by atoms with van der Waals surface area (Å²) in [7, 11) is 0. The molecule has 2 heteroatoms. The lowest BCUT2D eigenvalue weighted by molar-refractivity contribution is 0.568. The maximum atomic E-state index is 6.64. The van der Waals surface area contributed by atoms with Crippen molar-refractivity contribution in [2.45, 2.75) is 26.2 Å². The Balaban J connectivity index is 1.29. The van der Waals surface area contributed by atoms with E-state index in [1.54, 1.807) is 0 Å². The van der Waals surface area contributed by atoms with Crippen LogP contribution < -0.4 is 4.90 Å². The van der Waals surface area contributed by atoms with E-state index < -0.39 is 0 Å². The van der Waals surface area contributed by atoms with Gasteiger partial charge in [0.1, 0.15) is 11.3 Å². The molecule has 1 heterocycles. The highest BCUT2D eigenvalue weighted by Gasteiger charge is 2.27. The molecule has 0 aliphatic heterocycles. The number of benzene rings is 7. The van der Waals surface area contributed by atoms with E-state index in [4.69, 9.17) is 4.42 Å². The molecule has 0 N–H and O–H groups in total. The molecular formula is C48H39NO. The molecule has 0 aliphatic carbocycles. The fraction of sp³-hybridized carbons (Fsp3) is 0.0833. The lowest BCUT2D eigenvalue weighted by Crippen LogP contribution is -2.12. The number of nitrogens with zero attached hydrogens (tertiary/aromatic N) is 1. The predicted octanol–water partition coefficient (Wildman–Crippen LogP) is 13.9. The molecular weight excluding hydrogens is 607 g/mol. The number of furan rings is 1. The summed E-state index contributed by atoms with van der Waals surface area (Å²) < 4.78 is 6.64. The largest absolute Gasteiger partial charge is 0.456 e. The highest BCUT2D eigenvalue weighted by molar-refractivity contribution is 5.93. The summed E-state index contributed by atoms with van der Waals surface area (Å²) in [6.07, 6.45) is 0. The summed E-state index contributed by atoms with van der Waals surface area (Å²) in [5.41, 5.74) is 13.5. The number of hydrogen-bond donors (Lipinski definition) is 0. The molecule has 0 saturated heterocycles. The van der Waals surface area contributed by atoms with E-state index in [-0.39, 0.29) is 5.41 Å². The van der Waals surface area contributed by atoms with Gasteiger partial charge >= 0.3 is 0 Å². The first-order valence-corrected chi connectivity index (χ1v) is 17.3.